The Balaban J connectivity index is 3.00. The van der Waals surface area contributed by atoms with Crippen molar-refractivity contribution in [2.24, 2.45) is 0 Å². The number of carbonyl (C=O) groups is 2. The van der Waals surface area contributed by atoms with Crippen LogP contribution in [0.3, 0.4) is 0 Å². The van der Waals surface area contributed by atoms with Gasteiger partial charge < -0.3 is 10.4 Å². The van der Waals surface area contributed by atoms with Crippen molar-refractivity contribution in [1.82, 2.24) is 5.32 Å². The Labute approximate surface area is 117 Å². The van der Waals surface area contributed by atoms with Crippen LogP contribution in [-0.2, 0) is 16.0 Å². The van der Waals surface area contributed by atoms with E-state index in [2.05, 4.69) is 5.32 Å². The summed E-state index contributed by atoms with van der Waals surface area (Å²) in [6.45, 7) is 1.35. The lowest BCUT2D eigenvalue weighted by molar-refractivity contribution is -0.147. The van der Waals surface area contributed by atoms with E-state index in [1.54, 1.807) is 11.8 Å². The number of carboxylic acid groups (broad SMARTS) is 1. The molecule has 0 fully saturated rings. The molecule has 0 heterocycles. The van der Waals surface area contributed by atoms with Crippen molar-refractivity contribution in [1.29, 1.82) is 0 Å². The van der Waals surface area contributed by atoms with Crippen molar-refractivity contribution in [3.8, 4) is 0 Å². The van der Waals surface area contributed by atoms with E-state index in [1.807, 2.05) is 36.6 Å². The van der Waals surface area contributed by atoms with E-state index >= 15 is 0 Å². The van der Waals surface area contributed by atoms with Crippen LogP contribution in [0.25, 0.3) is 0 Å². The molecule has 0 unspecified atom stereocenters. The maximum Gasteiger partial charge on any atom is 0.329 e. The van der Waals surface area contributed by atoms with Crippen molar-refractivity contribution >= 4 is 23.6 Å². The highest BCUT2D eigenvalue weighted by atomic mass is 32.2. The second-order valence-corrected chi connectivity index (χ2v) is 5.46. The van der Waals surface area contributed by atoms with Gasteiger partial charge in [-0.2, -0.15) is 11.8 Å². The molecular formula is C14H19NO3S. The predicted molar refractivity (Wildman–Crippen MR) is 77.3 cm³/mol. The zero-order valence-corrected chi connectivity index (χ0v) is 12.0. The first-order chi connectivity index (χ1) is 9.00. The molecule has 0 aromatic heterocycles. The van der Waals surface area contributed by atoms with Gasteiger partial charge in [0.1, 0.15) is 5.54 Å². The molecule has 19 heavy (non-hydrogen) atoms. The Bertz CT molecular complexity index is 436. The Morgan fingerprint density at radius 2 is 1.95 bits per heavy atom. The summed E-state index contributed by atoms with van der Waals surface area (Å²) in [6, 6.07) is 9.36. The molecule has 1 aromatic carbocycles. The highest BCUT2D eigenvalue weighted by Gasteiger charge is 2.38. The van der Waals surface area contributed by atoms with Crippen molar-refractivity contribution < 1.29 is 14.7 Å². The van der Waals surface area contributed by atoms with Crippen molar-refractivity contribution in [2.75, 3.05) is 12.0 Å². The highest BCUT2D eigenvalue weighted by molar-refractivity contribution is 7.98. The summed E-state index contributed by atoms with van der Waals surface area (Å²) < 4.78 is 0. The van der Waals surface area contributed by atoms with E-state index in [0.717, 1.165) is 5.56 Å². The van der Waals surface area contributed by atoms with Gasteiger partial charge in [-0.1, -0.05) is 30.3 Å². The van der Waals surface area contributed by atoms with Crippen LogP contribution in [0.15, 0.2) is 30.3 Å². The van der Waals surface area contributed by atoms with Gasteiger partial charge in [0.25, 0.3) is 0 Å². The second-order valence-electron chi connectivity index (χ2n) is 4.47. The minimum absolute atomic E-state index is 0.295. The molecule has 1 aromatic rings. The molecule has 104 valence electrons. The van der Waals surface area contributed by atoms with Gasteiger partial charge in [0.15, 0.2) is 0 Å². The summed E-state index contributed by atoms with van der Waals surface area (Å²) in [5, 5.41) is 12.2. The third-order valence-corrected chi connectivity index (χ3v) is 3.52. The zero-order valence-electron chi connectivity index (χ0n) is 11.2. The number of benzene rings is 1. The van der Waals surface area contributed by atoms with Crippen LogP contribution in [0.4, 0.5) is 0 Å². The van der Waals surface area contributed by atoms with E-state index < -0.39 is 11.5 Å². The summed E-state index contributed by atoms with van der Waals surface area (Å²) >= 11 is 1.57. The van der Waals surface area contributed by atoms with Crippen LogP contribution in [0.2, 0.25) is 0 Å². The third kappa shape index (κ3) is 4.59. The van der Waals surface area contributed by atoms with Crippen molar-refractivity contribution in [2.45, 2.75) is 25.3 Å². The summed E-state index contributed by atoms with van der Waals surface area (Å²) in [5.74, 6) is -0.626. The Hall–Kier alpha value is -1.49. The summed E-state index contributed by atoms with van der Waals surface area (Å²) in [7, 11) is 0. The summed E-state index contributed by atoms with van der Waals surface area (Å²) in [4.78, 5) is 23.0. The number of carboxylic acids is 1. The van der Waals surface area contributed by atoms with Gasteiger partial charge in [0.05, 0.1) is 0 Å². The Morgan fingerprint density at radius 3 is 2.42 bits per heavy atom. The first-order valence-corrected chi connectivity index (χ1v) is 7.44. The number of aliphatic carboxylic acids is 1. The normalized spacial score (nSPS) is 13.6. The maximum absolute atomic E-state index is 11.6. The predicted octanol–water partition coefficient (Wildman–Crippen LogP) is 1.94. The van der Waals surface area contributed by atoms with Crippen LogP contribution < -0.4 is 5.32 Å². The minimum atomic E-state index is -1.23. The molecule has 0 spiro atoms. The number of nitrogens with one attached hydrogen (secondary N) is 1. The first kappa shape index (κ1) is 15.6. The van der Waals surface area contributed by atoms with Gasteiger partial charge >= 0.3 is 5.97 Å². The maximum atomic E-state index is 11.6. The van der Waals surface area contributed by atoms with Gasteiger partial charge in [-0.15, -0.1) is 0 Å². The molecule has 0 saturated heterocycles. The number of carbonyl (C=O) groups excluding carboxylic acids is 1. The number of amides is 1. The molecular weight excluding hydrogens is 262 g/mol. The van der Waals surface area contributed by atoms with Crippen LogP contribution in [0.1, 0.15) is 18.9 Å². The monoisotopic (exact) mass is 281 g/mol. The molecule has 0 aliphatic heterocycles. The molecule has 2 N–H and O–H groups in total. The highest BCUT2D eigenvalue weighted by Crippen LogP contribution is 2.20. The Kier molecular flexibility index (Phi) is 5.89. The summed E-state index contributed by atoms with van der Waals surface area (Å²) in [6.07, 6.45) is 2.62. The molecule has 4 nitrogen and oxygen atoms in total. The molecule has 1 atom stereocenters. The average Bonchev–Trinajstić information content (AvgIpc) is 2.36. The molecule has 0 aliphatic rings. The smallest absolute Gasteiger partial charge is 0.329 e. The number of hydrogen-bond acceptors (Lipinski definition) is 3. The zero-order chi connectivity index (χ0) is 14.3. The quantitative estimate of drug-likeness (QED) is 0.801. The minimum Gasteiger partial charge on any atom is -0.479 e. The van der Waals surface area contributed by atoms with Gasteiger partial charge in [-0.25, -0.2) is 4.79 Å². The van der Waals surface area contributed by atoms with Crippen molar-refractivity contribution in [3.63, 3.8) is 0 Å². The van der Waals surface area contributed by atoms with Gasteiger partial charge in [-0.05, 0) is 24.0 Å². The lowest BCUT2D eigenvalue weighted by atomic mass is 9.88. The SMILES string of the molecule is CSCC[C@@](Cc1ccccc1)(NC(C)=O)C(=O)O. The third-order valence-electron chi connectivity index (χ3n) is 2.91. The van der Waals surface area contributed by atoms with Crippen LogP contribution in [-0.4, -0.2) is 34.5 Å². The van der Waals surface area contributed by atoms with Crippen molar-refractivity contribution in [3.05, 3.63) is 35.9 Å². The lowest BCUT2D eigenvalue weighted by Crippen LogP contribution is -2.56. The molecule has 1 rings (SSSR count). The number of rotatable bonds is 7. The first-order valence-electron chi connectivity index (χ1n) is 6.05. The topological polar surface area (TPSA) is 66.4 Å². The molecule has 5 heteroatoms. The average molecular weight is 281 g/mol. The standard InChI is InChI=1S/C14H19NO3S/c1-11(16)15-14(13(17)18,8-9-19-2)10-12-6-4-3-5-7-12/h3-7H,8-10H2,1-2H3,(H,15,16)(H,17,18)/t14-/m0/s1. The van der Waals surface area contributed by atoms with Gasteiger partial charge in [0, 0.05) is 13.3 Å². The molecule has 0 bridgehead atoms. The number of hydrogen-bond donors (Lipinski definition) is 2. The van der Waals surface area contributed by atoms with Crippen LogP contribution in [0.5, 0.6) is 0 Å². The van der Waals surface area contributed by atoms with Gasteiger partial charge in [0.2, 0.25) is 5.91 Å². The van der Waals surface area contributed by atoms with Gasteiger partial charge in [-0.3, -0.25) is 4.79 Å². The molecule has 0 saturated carbocycles. The van der Waals surface area contributed by atoms with Crippen LogP contribution >= 0.6 is 11.8 Å². The fraction of sp³-hybridized carbons (Fsp3) is 0.429. The fourth-order valence-corrected chi connectivity index (χ4v) is 2.54. The second kappa shape index (κ2) is 7.19. The van der Waals surface area contributed by atoms with E-state index in [0.29, 0.717) is 18.6 Å². The molecule has 1 amide bonds. The number of thioether (sulfide) groups is 1. The molecule has 0 aliphatic carbocycles. The van der Waals surface area contributed by atoms with E-state index in [-0.39, 0.29) is 5.91 Å². The van der Waals surface area contributed by atoms with E-state index in [4.69, 9.17) is 0 Å². The van der Waals surface area contributed by atoms with Crippen LogP contribution in [0, 0.1) is 0 Å². The summed E-state index contributed by atoms with van der Waals surface area (Å²) in [5.41, 5.74) is -0.323. The van der Waals surface area contributed by atoms with E-state index in [1.165, 1.54) is 6.92 Å². The fourth-order valence-electron chi connectivity index (χ4n) is 1.99. The Morgan fingerprint density at radius 1 is 1.32 bits per heavy atom. The lowest BCUT2D eigenvalue weighted by Gasteiger charge is -2.30. The van der Waals surface area contributed by atoms with E-state index in [9.17, 15) is 14.7 Å². The molecule has 0 radical (unpaired) electrons. The largest absolute Gasteiger partial charge is 0.479 e.